The number of aliphatic hydroxyl groups is 1. The molecule has 2 aliphatic heterocycles. The summed E-state index contributed by atoms with van der Waals surface area (Å²) in [5.41, 5.74) is 0.718. The lowest BCUT2D eigenvalue weighted by Crippen LogP contribution is -2.44. The van der Waals surface area contributed by atoms with E-state index in [1.807, 2.05) is 20.8 Å². The van der Waals surface area contributed by atoms with Gasteiger partial charge in [-0.05, 0) is 31.8 Å². The number of H-pyrrole nitrogens is 1. The highest BCUT2D eigenvalue weighted by Crippen LogP contribution is 2.25. The van der Waals surface area contributed by atoms with Crippen LogP contribution in [0.25, 0.3) is 0 Å². The van der Waals surface area contributed by atoms with E-state index in [1.165, 1.54) is 17.1 Å². The number of aliphatic hydroxyl groups excluding tert-OH is 1. The van der Waals surface area contributed by atoms with E-state index in [1.54, 1.807) is 25.2 Å². The third-order valence-corrected chi connectivity index (χ3v) is 6.63. The predicted octanol–water partition coefficient (Wildman–Crippen LogP) is 2.43. The molecule has 11 heteroatoms. The molecule has 0 spiro atoms. The number of allylic oxidation sites excluding steroid dienone is 2. The first-order valence-corrected chi connectivity index (χ1v) is 13.1. The molecule has 2 bridgehead atoms. The van der Waals surface area contributed by atoms with E-state index in [2.05, 4.69) is 20.5 Å². The van der Waals surface area contributed by atoms with Crippen molar-refractivity contribution in [1.29, 1.82) is 0 Å². The molecule has 0 aromatic carbocycles. The number of hydrogen-bond donors (Lipinski definition) is 3. The molecule has 5 atom stereocenters. The first-order chi connectivity index (χ1) is 18.0. The van der Waals surface area contributed by atoms with Crippen LogP contribution in [0.2, 0.25) is 0 Å². The van der Waals surface area contributed by atoms with Crippen LogP contribution in [0.1, 0.15) is 63.4 Å². The molecule has 38 heavy (non-hydrogen) atoms. The third kappa shape index (κ3) is 8.08. The fourth-order valence-corrected chi connectivity index (χ4v) is 4.72. The Balaban J connectivity index is 1.85. The van der Waals surface area contributed by atoms with Gasteiger partial charge in [-0.15, -0.1) is 5.10 Å². The third-order valence-electron chi connectivity index (χ3n) is 6.63. The van der Waals surface area contributed by atoms with E-state index in [0.29, 0.717) is 19.4 Å². The van der Waals surface area contributed by atoms with Gasteiger partial charge in [0, 0.05) is 31.8 Å². The largest absolute Gasteiger partial charge is 0.460 e. The Morgan fingerprint density at radius 3 is 2.74 bits per heavy atom. The number of fused-ring (bicyclic) bond motifs is 3. The summed E-state index contributed by atoms with van der Waals surface area (Å²) in [6.45, 7) is 8.11. The summed E-state index contributed by atoms with van der Waals surface area (Å²) >= 11 is 0. The van der Waals surface area contributed by atoms with Gasteiger partial charge in [-0.25, -0.2) is 14.2 Å². The molecule has 1 fully saturated rings. The smallest absolute Gasteiger partial charge is 0.329 e. The van der Waals surface area contributed by atoms with Gasteiger partial charge in [-0.1, -0.05) is 50.6 Å². The Hall–Kier alpha value is -3.34. The lowest BCUT2D eigenvalue weighted by molar-refractivity contribution is -0.158. The van der Waals surface area contributed by atoms with E-state index in [0.717, 1.165) is 5.57 Å². The van der Waals surface area contributed by atoms with Crippen molar-refractivity contribution >= 4 is 17.8 Å². The van der Waals surface area contributed by atoms with E-state index in [4.69, 9.17) is 4.74 Å². The van der Waals surface area contributed by atoms with Gasteiger partial charge in [-0.2, -0.15) is 0 Å². The molecular formula is C27H38FN5O5. The van der Waals surface area contributed by atoms with Gasteiger partial charge in [0.15, 0.2) is 0 Å². The Labute approximate surface area is 222 Å². The molecule has 5 unspecified atom stereocenters. The molecule has 1 aromatic rings. The number of amides is 2. The van der Waals surface area contributed by atoms with Crippen molar-refractivity contribution in [3.05, 3.63) is 47.6 Å². The molecule has 10 nitrogen and oxygen atoms in total. The number of alkyl halides is 1. The second-order valence-electron chi connectivity index (χ2n) is 10.3. The number of nitrogens with one attached hydrogen (secondary N) is 2. The summed E-state index contributed by atoms with van der Waals surface area (Å²) in [5, 5.41) is 19.5. The number of aromatic nitrogens is 3. The highest BCUT2D eigenvalue weighted by atomic mass is 19.1. The number of hydrogen-bond acceptors (Lipinski definition) is 7. The van der Waals surface area contributed by atoms with E-state index < -0.39 is 36.3 Å². The van der Waals surface area contributed by atoms with Gasteiger partial charge in [0.2, 0.25) is 11.7 Å². The molecule has 2 aliphatic rings. The summed E-state index contributed by atoms with van der Waals surface area (Å²) in [6, 6.07) is -0.780. The number of cyclic esters (lactones) is 1. The van der Waals surface area contributed by atoms with Crippen molar-refractivity contribution in [1.82, 2.24) is 25.4 Å². The number of ether oxygens (including phenoxy) is 1. The minimum absolute atomic E-state index is 0.0287. The number of aromatic amines is 1. The molecule has 2 amide bonds. The lowest BCUT2D eigenvalue weighted by atomic mass is 9.94. The number of rotatable bonds is 1. The zero-order chi connectivity index (χ0) is 27.8. The predicted molar refractivity (Wildman–Crippen MR) is 139 cm³/mol. The van der Waals surface area contributed by atoms with Crippen LogP contribution in [0.3, 0.4) is 0 Å². The molecule has 3 rings (SSSR count). The number of carbonyl (C=O) groups excluding carboxylic acids is 3. The molecular weight excluding hydrogens is 493 g/mol. The van der Waals surface area contributed by atoms with E-state index in [9.17, 15) is 23.9 Å². The fourth-order valence-electron chi connectivity index (χ4n) is 4.72. The summed E-state index contributed by atoms with van der Waals surface area (Å²) < 4.78 is 20.5. The maximum absolute atomic E-state index is 14.6. The van der Waals surface area contributed by atoms with Crippen LogP contribution in [0, 0.1) is 11.8 Å². The van der Waals surface area contributed by atoms with Crippen molar-refractivity contribution in [2.45, 2.75) is 77.8 Å². The topological polar surface area (TPSA) is 138 Å². The van der Waals surface area contributed by atoms with Gasteiger partial charge < -0.3 is 20.1 Å². The van der Waals surface area contributed by atoms with Crippen LogP contribution in [-0.2, 0) is 20.7 Å². The van der Waals surface area contributed by atoms with Gasteiger partial charge in [0.1, 0.15) is 24.1 Å². The monoisotopic (exact) mass is 531 g/mol. The molecule has 0 aliphatic carbocycles. The molecule has 0 saturated carbocycles. The van der Waals surface area contributed by atoms with Crippen molar-refractivity contribution in [2.24, 2.45) is 11.8 Å². The van der Waals surface area contributed by atoms with Gasteiger partial charge in [-0.3, -0.25) is 14.7 Å². The number of carbonyl (C=O) groups is 3. The van der Waals surface area contributed by atoms with Crippen molar-refractivity contribution < 1.29 is 28.6 Å². The minimum atomic E-state index is -1.42. The number of esters is 1. The van der Waals surface area contributed by atoms with E-state index in [-0.39, 0.29) is 48.8 Å². The second-order valence-corrected chi connectivity index (χ2v) is 10.3. The van der Waals surface area contributed by atoms with E-state index >= 15 is 0 Å². The van der Waals surface area contributed by atoms with Gasteiger partial charge in [0.05, 0.1) is 6.10 Å². The first kappa shape index (κ1) is 29.2. The van der Waals surface area contributed by atoms with Crippen LogP contribution in [-0.4, -0.2) is 80.5 Å². The van der Waals surface area contributed by atoms with Crippen LogP contribution in [0.15, 0.2) is 36.0 Å². The van der Waals surface area contributed by atoms with Crippen molar-refractivity contribution in [2.75, 3.05) is 13.1 Å². The van der Waals surface area contributed by atoms with Gasteiger partial charge >= 0.3 is 5.97 Å². The zero-order valence-electron chi connectivity index (χ0n) is 22.4. The summed E-state index contributed by atoms with van der Waals surface area (Å²) in [5.74, 6) is -1.58. The first-order valence-electron chi connectivity index (χ1n) is 13.1. The maximum Gasteiger partial charge on any atom is 0.329 e. The average molecular weight is 532 g/mol. The normalized spacial score (nSPS) is 31.7. The van der Waals surface area contributed by atoms with Crippen molar-refractivity contribution in [3.8, 4) is 0 Å². The molecule has 3 N–H and O–H groups in total. The van der Waals surface area contributed by atoms with Crippen LogP contribution in [0.5, 0.6) is 0 Å². The highest BCUT2D eigenvalue weighted by Gasteiger charge is 2.39. The Morgan fingerprint density at radius 2 is 2.00 bits per heavy atom. The van der Waals surface area contributed by atoms with Crippen LogP contribution in [0.4, 0.5) is 4.39 Å². The molecule has 1 aromatic heterocycles. The number of halogens is 1. The van der Waals surface area contributed by atoms with Crippen LogP contribution >= 0.6 is 0 Å². The molecule has 208 valence electrons. The Kier molecular flexibility index (Phi) is 10.3. The summed E-state index contributed by atoms with van der Waals surface area (Å²) in [6.07, 6.45) is 5.92. The van der Waals surface area contributed by atoms with Crippen molar-refractivity contribution in [3.63, 3.8) is 0 Å². The molecule has 0 radical (unpaired) electrons. The number of nitrogens with zero attached hydrogens (tertiary/aromatic N) is 3. The van der Waals surface area contributed by atoms with Crippen LogP contribution < -0.4 is 5.32 Å². The SMILES string of the molecule is CC1=C\C(O)CC(F)Cc2nc(n[nH]2)C(=O)N2CCCC2C(=O)OC(C(C)C)C(C)/C=C/C(=O)NC\C=C\1. The fraction of sp³-hybridized carbons (Fsp3) is 0.593. The second kappa shape index (κ2) is 13.5. The Bertz CT molecular complexity index is 1080. The quantitative estimate of drug-likeness (QED) is 0.473. The maximum atomic E-state index is 14.6. The molecule has 3 heterocycles. The summed E-state index contributed by atoms with van der Waals surface area (Å²) in [4.78, 5) is 44.1. The highest BCUT2D eigenvalue weighted by molar-refractivity contribution is 5.94. The zero-order valence-corrected chi connectivity index (χ0v) is 22.4. The summed E-state index contributed by atoms with van der Waals surface area (Å²) in [7, 11) is 0. The standard InChI is InChI=1S/C27H38FN5O5/c1-16(2)24-18(4)9-10-23(35)29-11-5-7-17(3)13-20(34)14-19(28)15-22-30-25(32-31-22)26(36)33-12-6-8-21(33)27(37)38-24/h5,7,9-10,13,16,18-21,24,34H,6,8,11-12,14-15H2,1-4H3,(H,29,35)(H,30,31,32)/b7-5+,10-9+,17-13+. The minimum Gasteiger partial charge on any atom is -0.460 e. The molecule has 1 saturated heterocycles. The van der Waals surface area contributed by atoms with Gasteiger partial charge in [0.25, 0.3) is 5.91 Å². The average Bonchev–Trinajstić information content (AvgIpc) is 3.52. The lowest BCUT2D eigenvalue weighted by Gasteiger charge is -2.29. The Morgan fingerprint density at radius 1 is 1.24 bits per heavy atom.